The third-order valence-corrected chi connectivity index (χ3v) is 3.50. The molecule has 0 unspecified atom stereocenters. The van der Waals surface area contributed by atoms with Gasteiger partial charge in [-0.3, -0.25) is 9.69 Å². The van der Waals surface area contributed by atoms with Crippen molar-refractivity contribution >= 4 is 11.9 Å². The second kappa shape index (κ2) is 6.02. The molecule has 20 heavy (non-hydrogen) atoms. The van der Waals surface area contributed by atoms with Gasteiger partial charge in [0.15, 0.2) is 0 Å². The lowest BCUT2D eigenvalue weighted by Gasteiger charge is -2.18. The third kappa shape index (κ3) is 3.34. The summed E-state index contributed by atoms with van der Waals surface area (Å²) >= 11 is 0. The summed E-state index contributed by atoms with van der Waals surface area (Å²) in [5, 5.41) is 21.1. The fraction of sp³-hybridized carbons (Fsp3) is 0.429. The van der Waals surface area contributed by atoms with Crippen LogP contribution in [0.1, 0.15) is 22.3 Å². The molecule has 0 bridgehead atoms. The lowest BCUT2D eigenvalue weighted by Crippen LogP contribution is -2.41. The second-order valence-electron chi connectivity index (χ2n) is 5.06. The van der Waals surface area contributed by atoms with Gasteiger partial charge in [-0.2, -0.15) is 0 Å². The van der Waals surface area contributed by atoms with E-state index >= 15 is 0 Å². The Kier molecular flexibility index (Phi) is 4.36. The number of nitrogens with zero attached hydrogens (tertiary/aromatic N) is 1. The minimum Gasteiger partial charge on any atom is -0.478 e. The summed E-state index contributed by atoms with van der Waals surface area (Å²) in [6.07, 6.45) is -0.00842. The van der Waals surface area contributed by atoms with Crippen LogP contribution in [-0.2, 0) is 11.3 Å². The molecule has 108 valence electrons. The van der Waals surface area contributed by atoms with Crippen molar-refractivity contribution in [3.8, 4) is 0 Å². The number of carboxylic acids is 1. The first kappa shape index (κ1) is 14.5. The van der Waals surface area contributed by atoms with Gasteiger partial charge in [0.2, 0.25) is 5.91 Å². The van der Waals surface area contributed by atoms with Gasteiger partial charge in [-0.15, -0.1) is 0 Å². The summed E-state index contributed by atoms with van der Waals surface area (Å²) < 4.78 is 0. The van der Waals surface area contributed by atoms with E-state index in [0.717, 1.165) is 5.56 Å². The molecule has 3 N–H and O–H groups in total. The second-order valence-corrected chi connectivity index (χ2v) is 5.06. The monoisotopic (exact) mass is 278 g/mol. The highest BCUT2D eigenvalue weighted by molar-refractivity contribution is 5.87. The predicted octanol–water partition coefficient (Wildman–Crippen LogP) is 0.0660. The van der Waals surface area contributed by atoms with Gasteiger partial charge in [0.25, 0.3) is 0 Å². The zero-order valence-electron chi connectivity index (χ0n) is 11.2. The number of aliphatic hydroxyl groups excluding tert-OH is 1. The largest absolute Gasteiger partial charge is 0.478 e. The van der Waals surface area contributed by atoms with Crippen molar-refractivity contribution < 1.29 is 19.8 Å². The average Bonchev–Trinajstić information content (AvgIpc) is 2.75. The Hall–Kier alpha value is -1.92. The molecular weight excluding hydrogens is 260 g/mol. The van der Waals surface area contributed by atoms with Crippen LogP contribution in [-0.4, -0.2) is 52.7 Å². The number of carboxylic acid groups (broad SMARTS) is 1. The summed E-state index contributed by atoms with van der Waals surface area (Å²) in [6, 6.07) is 6.07. The van der Waals surface area contributed by atoms with E-state index in [0.29, 0.717) is 19.5 Å². The highest BCUT2D eigenvalue weighted by atomic mass is 16.4. The molecule has 1 amide bonds. The molecule has 0 spiro atoms. The smallest absolute Gasteiger partial charge is 0.335 e. The van der Waals surface area contributed by atoms with Crippen LogP contribution in [0.4, 0.5) is 0 Å². The highest BCUT2D eigenvalue weighted by Crippen LogP contribution is 2.15. The normalized spacial score (nSPS) is 22.7. The molecule has 1 aromatic carbocycles. The average molecular weight is 278 g/mol. The van der Waals surface area contributed by atoms with Crippen LogP contribution in [0.25, 0.3) is 0 Å². The van der Waals surface area contributed by atoms with Gasteiger partial charge in [0.1, 0.15) is 0 Å². The van der Waals surface area contributed by atoms with Crippen molar-refractivity contribution in [1.82, 2.24) is 10.2 Å². The molecule has 0 aliphatic carbocycles. The molecule has 2 atom stereocenters. The summed E-state index contributed by atoms with van der Waals surface area (Å²) in [7, 11) is 1.81. The molecule has 1 aliphatic rings. The first-order valence-corrected chi connectivity index (χ1v) is 6.45. The Bertz CT molecular complexity index is 500. The van der Waals surface area contributed by atoms with E-state index in [1.807, 2.05) is 11.9 Å². The fourth-order valence-electron chi connectivity index (χ4n) is 2.35. The molecular formula is C14H18N2O4. The van der Waals surface area contributed by atoms with Crippen molar-refractivity contribution in [3.63, 3.8) is 0 Å². The topological polar surface area (TPSA) is 89.9 Å². The van der Waals surface area contributed by atoms with E-state index < -0.39 is 12.1 Å². The van der Waals surface area contributed by atoms with E-state index in [4.69, 9.17) is 5.11 Å². The Morgan fingerprint density at radius 1 is 1.35 bits per heavy atom. The van der Waals surface area contributed by atoms with Crippen molar-refractivity contribution in [2.75, 3.05) is 13.6 Å². The Balaban J connectivity index is 1.88. The number of carbonyl (C=O) groups is 2. The number of aliphatic hydroxyl groups is 1. The van der Waals surface area contributed by atoms with Crippen LogP contribution in [0.3, 0.4) is 0 Å². The number of rotatable bonds is 4. The molecule has 1 aromatic rings. The zero-order chi connectivity index (χ0) is 14.7. The highest BCUT2D eigenvalue weighted by Gasteiger charge is 2.33. The maximum atomic E-state index is 12.0. The van der Waals surface area contributed by atoms with Gasteiger partial charge in [-0.25, -0.2) is 4.79 Å². The lowest BCUT2D eigenvalue weighted by molar-refractivity contribution is -0.125. The van der Waals surface area contributed by atoms with E-state index in [1.165, 1.54) is 12.1 Å². The van der Waals surface area contributed by atoms with Crippen LogP contribution in [0, 0.1) is 0 Å². The SMILES string of the molecule is CN1C[C@H](O)C[C@H]1C(=O)NCc1ccc(C(=O)O)cc1. The number of amides is 1. The van der Waals surface area contributed by atoms with Gasteiger partial charge in [-0.1, -0.05) is 12.1 Å². The van der Waals surface area contributed by atoms with Gasteiger partial charge in [0.05, 0.1) is 17.7 Å². The molecule has 6 nitrogen and oxygen atoms in total. The summed E-state index contributed by atoms with van der Waals surface area (Å²) in [5.74, 6) is -1.09. The maximum absolute atomic E-state index is 12.0. The van der Waals surface area contributed by atoms with Gasteiger partial charge in [0, 0.05) is 13.1 Å². The number of nitrogens with one attached hydrogen (secondary N) is 1. The van der Waals surface area contributed by atoms with Crippen LogP contribution in [0.15, 0.2) is 24.3 Å². The van der Waals surface area contributed by atoms with E-state index in [2.05, 4.69) is 5.32 Å². The fourth-order valence-corrected chi connectivity index (χ4v) is 2.35. The molecule has 0 aromatic heterocycles. The van der Waals surface area contributed by atoms with Crippen molar-refractivity contribution in [3.05, 3.63) is 35.4 Å². The Morgan fingerprint density at radius 2 is 2.00 bits per heavy atom. The van der Waals surface area contributed by atoms with Crippen LogP contribution < -0.4 is 5.32 Å². The number of hydrogen-bond donors (Lipinski definition) is 3. The molecule has 1 aliphatic heterocycles. The standard InChI is InChI=1S/C14H18N2O4/c1-16-8-11(17)6-12(16)13(18)15-7-9-2-4-10(5-3-9)14(19)20/h2-5,11-12,17H,6-8H2,1H3,(H,15,18)(H,19,20)/t11-,12+/m1/s1. The van der Waals surface area contributed by atoms with Crippen molar-refractivity contribution in [2.45, 2.75) is 25.1 Å². The molecule has 1 heterocycles. The first-order chi connectivity index (χ1) is 9.47. The van der Waals surface area contributed by atoms with Gasteiger partial charge in [-0.05, 0) is 31.2 Å². The van der Waals surface area contributed by atoms with Gasteiger partial charge < -0.3 is 15.5 Å². The van der Waals surface area contributed by atoms with Crippen LogP contribution in [0.5, 0.6) is 0 Å². The lowest BCUT2D eigenvalue weighted by atomic mass is 10.1. The van der Waals surface area contributed by atoms with E-state index in [-0.39, 0.29) is 17.5 Å². The van der Waals surface area contributed by atoms with Crippen LogP contribution in [0.2, 0.25) is 0 Å². The summed E-state index contributed by atoms with van der Waals surface area (Å²) in [6.45, 7) is 0.852. The number of hydrogen-bond acceptors (Lipinski definition) is 4. The zero-order valence-corrected chi connectivity index (χ0v) is 11.2. The molecule has 1 saturated heterocycles. The summed E-state index contributed by atoms with van der Waals surface area (Å²) in [4.78, 5) is 24.5. The molecule has 6 heteroatoms. The van der Waals surface area contributed by atoms with Crippen molar-refractivity contribution in [1.29, 1.82) is 0 Å². The number of benzene rings is 1. The van der Waals surface area contributed by atoms with Crippen molar-refractivity contribution in [2.24, 2.45) is 0 Å². The summed E-state index contributed by atoms with van der Waals surface area (Å²) in [5.41, 5.74) is 1.06. The van der Waals surface area contributed by atoms with E-state index in [9.17, 15) is 14.7 Å². The Morgan fingerprint density at radius 3 is 2.50 bits per heavy atom. The molecule has 1 fully saturated rings. The molecule has 0 saturated carbocycles. The maximum Gasteiger partial charge on any atom is 0.335 e. The minimum absolute atomic E-state index is 0.119. The minimum atomic E-state index is -0.970. The quantitative estimate of drug-likeness (QED) is 0.725. The number of aromatic carboxylic acids is 1. The predicted molar refractivity (Wildman–Crippen MR) is 72.3 cm³/mol. The molecule has 2 rings (SSSR count). The number of β-amino-alcohol motifs (C(OH)–C–C–N with tert-alkyl or cyclic N) is 1. The number of carbonyl (C=O) groups excluding carboxylic acids is 1. The first-order valence-electron chi connectivity index (χ1n) is 6.45. The number of likely N-dealkylation sites (tertiary alicyclic amines) is 1. The van der Waals surface area contributed by atoms with E-state index in [1.54, 1.807) is 12.1 Å². The molecule has 0 radical (unpaired) electrons. The van der Waals surface area contributed by atoms with Crippen LogP contribution >= 0.6 is 0 Å². The third-order valence-electron chi connectivity index (χ3n) is 3.50. The van der Waals surface area contributed by atoms with Gasteiger partial charge >= 0.3 is 5.97 Å². The number of likely N-dealkylation sites (N-methyl/N-ethyl adjacent to an activating group) is 1. The Labute approximate surface area is 117 Å².